The molecule has 8 amide bonds. The van der Waals surface area contributed by atoms with Crippen molar-refractivity contribution in [2.75, 3.05) is 177 Å². The zero-order chi connectivity index (χ0) is 65.6. The third-order valence-corrected chi connectivity index (χ3v) is 15.1. The fraction of sp³-hybridized carbons (Fsp3) is 0.857. The van der Waals surface area contributed by atoms with Crippen LogP contribution in [0.2, 0.25) is 0 Å². The number of nitrogens with two attached hydrogens (primary N) is 1. The lowest BCUT2D eigenvalue weighted by Gasteiger charge is -2.43. The number of hydrogen-bond donors (Lipinski definition) is 11. The first-order valence-corrected chi connectivity index (χ1v) is 31.7. The van der Waals surface area contributed by atoms with Gasteiger partial charge in [-0.05, 0) is 33.1 Å². The number of carboxylic acids is 1. The van der Waals surface area contributed by atoms with Gasteiger partial charge in [0.05, 0.1) is 171 Å². The van der Waals surface area contributed by atoms with Crippen molar-refractivity contribution in [1.29, 1.82) is 0 Å². The molecule has 0 aromatic heterocycles. The summed E-state index contributed by atoms with van der Waals surface area (Å²) in [5, 5.41) is 49.8. The standard InChI is InChI=1S/C56H100N8O25S/c1-38(53(72)62-41(52(57)71)8-9-47(68)69)60-54(73)39(2)88-51-49(61-40(3)65)55(74)89-43(50(51)70)36-59-46(67)10-12-76-14-16-78-18-20-80-22-24-82-26-28-84-30-32-86-34-35-87-33-31-85-29-27-83-25-23-81-21-19-79-17-15-77-13-11-58-45(66)7-5-4-6-44-48-42(37-90-44)63-56(75)64-48/h38-39,41-44,48-51,55,70,74H,4-37H2,1-3H3,(H2,57,71)(H,58,66)(H,59,67)(H,60,73)(H,61,65)(H,62,72)(H,68,69)(H2,63,64,75)/t38-,39+,41-,42-,43+,44-,48-,49+,50+,51+,55+/m0/s1. The first kappa shape index (κ1) is 79.5. The average Bonchev–Trinajstić information content (AvgIpc) is 4.06. The van der Waals surface area contributed by atoms with Gasteiger partial charge in [-0.25, -0.2) is 4.79 Å². The second-order valence-corrected chi connectivity index (χ2v) is 22.0. The molecular weight excluding hydrogens is 1220 g/mol. The van der Waals surface area contributed by atoms with Crippen molar-refractivity contribution in [2.24, 2.45) is 5.73 Å². The number of hydrogen-bond acceptors (Lipinski definition) is 25. The summed E-state index contributed by atoms with van der Waals surface area (Å²) in [5.74, 6) is -4.00. The number of aliphatic hydroxyl groups is 2. The van der Waals surface area contributed by atoms with Crippen molar-refractivity contribution >= 4 is 59.2 Å². The zero-order valence-corrected chi connectivity index (χ0v) is 53.0. The van der Waals surface area contributed by atoms with Crippen LogP contribution in [0.1, 0.15) is 65.7 Å². The molecule has 3 fully saturated rings. The van der Waals surface area contributed by atoms with Gasteiger partial charge in [-0.1, -0.05) is 6.42 Å². The van der Waals surface area contributed by atoms with Crippen LogP contribution < -0.4 is 43.0 Å². The molecule has 0 spiro atoms. The fourth-order valence-electron chi connectivity index (χ4n) is 8.81. The Morgan fingerprint density at radius 3 is 1.54 bits per heavy atom. The van der Waals surface area contributed by atoms with Crippen molar-refractivity contribution in [3.05, 3.63) is 0 Å². The van der Waals surface area contributed by atoms with E-state index in [1.807, 2.05) is 11.8 Å². The van der Waals surface area contributed by atoms with E-state index < -0.39 is 90.8 Å². The Morgan fingerprint density at radius 1 is 0.611 bits per heavy atom. The molecule has 0 aromatic carbocycles. The SMILES string of the molecule is CC(=O)N[C@@H]1[C@@H](O[C@H](C)C(=O)N[C@@H](C)C(=O)N[C@@H](CCC(=O)O)C(N)=O)[C@H](O)[C@@H](CNC(=O)CCOCCOCCOCCOCCOCCOCCOCCOCCOCCOCCOCCOCCNC(=O)CCCC[C@@H]2SC[C@@H]3NC(=O)N[C@@H]32)O[C@H]1O. The quantitative estimate of drug-likeness (QED) is 0.0206. The molecule has 0 aromatic rings. The number of primary amides is 1. The van der Waals surface area contributed by atoms with Gasteiger partial charge >= 0.3 is 12.0 Å². The van der Waals surface area contributed by atoms with Gasteiger partial charge < -0.3 is 125 Å². The van der Waals surface area contributed by atoms with E-state index in [-0.39, 0.29) is 63.2 Å². The number of aliphatic hydroxyl groups excluding tert-OH is 2. The van der Waals surface area contributed by atoms with E-state index in [1.54, 1.807) is 0 Å². The van der Waals surface area contributed by atoms with Crippen LogP contribution in [0.25, 0.3) is 0 Å². The van der Waals surface area contributed by atoms with Gasteiger partial charge in [-0.3, -0.25) is 33.6 Å². The Morgan fingerprint density at radius 2 is 1.08 bits per heavy atom. The maximum Gasteiger partial charge on any atom is 0.315 e. The number of ether oxygens (including phenoxy) is 14. The molecule has 34 heteroatoms. The molecule has 3 aliphatic rings. The van der Waals surface area contributed by atoms with Crippen LogP contribution in [0.4, 0.5) is 4.79 Å². The van der Waals surface area contributed by atoms with E-state index in [2.05, 4.69) is 37.2 Å². The molecular formula is C56H100N8O25S. The molecule has 3 saturated heterocycles. The van der Waals surface area contributed by atoms with Crippen LogP contribution >= 0.6 is 11.8 Å². The van der Waals surface area contributed by atoms with Gasteiger partial charge in [0, 0.05) is 50.3 Å². The van der Waals surface area contributed by atoms with E-state index >= 15 is 0 Å². The van der Waals surface area contributed by atoms with Crippen LogP contribution in [-0.4, -0.2) is 306 Å². The number of unbranched alkanes of at least 4 members (excludes halogenated alkanes) is 1. The number of rotatable bonds is 57. The van der Waals surface area contributed by atoms with Crippen LogP contribution in [0, 0.1) is 0 Å². The molecule has 0 unspecified atom stereocenters. The summed E-state index contributed by atoms with van der Waals surface area (Å²) < 4.78 is 77.3. The lowest BCUT2D eigenvalue weighted by atomic mass is 9.95. The first-order valence-electron chi connectivity index (χ1n) is 30.7. The zero-order valence-electron chi connectivity index (χ0n) is 52.2. The third-order valence-electron chi connectivity index (χ3n) is 13.6. The average molecular weight is 1320 g/mol. The minimum Gasteiger partial charge on any atom is -0.481 e. The number of aliphatic carboxylic acids is 1. The summed E-state index contributed by atoms with van der Waals surface area (Å²) >= 11 is 1.89. The molecule has 90 heavy (non-hydrogen) atoms. The fourth-order valence-corrected chi connectivity index (χ4v) is 10.4. The highest BCUT2D eigenvalue weighted by atomic mass is 32.2. The second-order valence-electron chi connectivity index (χ2n) is 20.8. The highest BCUT2D eigenvalue weighted by Crippen LogP contribution is 2.33. The van der Waals surface area contributed by atoms with Gasteiger partial charge in [0.1, 0.15) is 42.5 Å². The smallest absolute Gasteiger partial charge is 0.315 e. The molecule has 0 saturated carbocycles. The van der Waals surface area contributed by atoms with Crippen LogP contribution in [0.15, 0.2) is 0 Å². The Hall–Kier alpha value is -4.73. The summed E-state index contributed by atoms with van der Waals surface area (Å²) in [4.78, 5) is 96.4. The molecule has 3 aliphatic heterocycles. The van der Waals surface area contributed by atoms with Gasteiger partial charge in [0.25, 0.3) is 0 Å². The van der Waals surface area contributed by atoms with Crippen molar-refractivity contribution in [2.45, 2.75) is 132 Å². The monoisotopic (exact) mass is 1320 g/mol. The highest BCUT2D eigenvalue weighted by molar-refractivity contribution is 8.00. The van der Waals surface area contributed by atoms with Crippen LogP contribution in [-0.2, 0) is 99.9 Å². The number of fused-ring (bicyclic) bond motifs is 1. The number of carboxylic acid groups (broad SMARTS) is 1. The van der Waals surface area contributed by atoms with Crippen molar-refractivity contribution in [1.82, 2.24) is 37.2 Å². The largest absolute Gasteiger partial charge is 0.481 e. The predicted octanol–water partition coefficient (Wildman–Crippen LogP) is -3.77. The molecule has 520 valence electrons. The van der Waals surface area contributed by atoms with E-state index in [0.29, 0.717) is 157 Å². The topological polar surface area (TPSA) is 437 Å². The Bertz CT molecular complexity index is 2030. The minimum atomic E-state index is -1.73. The highest BCUT2D eigenvalue weighted by Gasteiger charge is 2.47. The number of urea groups is 1. The van der Waals surface area contributed by atoms with E-state index in [0.717, 1.165) is 31.9 Å². The summed E-state index contributed by atoms with van der Waals surface area (Å²) in [7, 11) is 0. The van der Waals surface area contributed by atoms with Crippen molar-refractivity contribution < 1.29 is 120 Å². The van der Waals surface area contributed by atoms with Crippen molar-refractivity contribution in [3.8, 4) is 0 Å². The van der Waals surface area contributed by atoms with Crippen molar-refractivity contribution in [3.63, 3.8) is 0 Å². The number of nitrogens with one attached hydrogen (secondary N) is 7. The summed E-state index contributed by atoms with van der Waals surface area (Å²) in [6, 6.07) is -3.56. The van der Waals surface area contributed by atoms with Gasteiger partial charge in [0.15, 0.2) is 6.29 Å². The molecule has 0 bridgehead atoms. The summed E-state index contributed by atoms with van der Waals surface area (Å²) in [6.45, 7) is 13.2. The van der Waals surface area contributed by atoms with E-state index in [4.69, 9.17) is 77.2 Å². The van der Waals surface area contributed by atoms with Crippen LogP contribution in [0.5, 0.6) is 0 Å². The number of amides is 8. The maximum absolute atomic E-state index is 13.0. The predicted molar refractivity (Wildman–Crippen MR) is 319 cm³/mol. The molecule has 11 atom stereocenters. The van der Waals surface area contributed by atoms with Crippen LogP contribution in [0.3, 0.4) is 0 Å². The number of carbonyl (C=O) groups excluding carboxylic acids is 7. The minimum absolute atomic E-state index is 0.0231. The Balaban J connectivity index is 1.01. The molecule has 12 N–H and O–H groups in total. The normalized spacial score (nSPS) is 21.3. The molecule has 0 aliphatic carbocycles. The van der Waals surface area contributed by atoms with Gasteiger partial charge in [0.2, 0.25) is 35.4 Å². The third kappa shape index (κ3) is 37.1. The van der Waals surface area contributed by atoms with E-state index in [1.165, 1.54) is 13.8 Å². The number of thioether (sulfide) groups is 1. The molecule has 33 nitrogen and oxygen atoms in total. The Kier molecular flexibility index (Phi) is 44.0. The maximum atomic E-state index is 13.0. The van der Waals surface area contributed by atoms with Gasteiger partial charge in [-0.2, -0.15) is 11.8 Å². The molecule has 0 radical (unpaired) electrons. The molecule has 3 rings (SSSR count). The Labute approximate surface area is 529 Å². The number of carbonyl (C=O) groups is 8. The van der Waals surface area contributed by atoms with E-state index in [9.17, 15) is 48.6 Å². The summed E-state index contributed by atoms with van der Waals surface area (Å²) in [5.41, 5.74) is 5.26. The summed E-state index contributed by atoms with van der Waals surface area (Å²) in [6.07, 6.45) is -4.94. The molecule has 3 heterocycles. The lowest BCUT2D eigenvalue weighted by Crippen LogP contribution is -2.66. The second kappa shape index (κ2) is 49.8. The first-order chi connectivity index (χ1) is 43.5. The lowest BCUT2D eigenvalue weighted by molar-refractivity contribution is -0.259. The van der Waals surface area contributed by atoms with Gasteiger partial charge in [-0.15, -0.1) is 0 Å².